The predicted molar refractivity (Wildman–Crippen MR) is 211 cm³/mol. The average Bonchev–Trinajstić information content (AvgIpc) is 3.49. The number of benzene rings is 5. The van der Waals surface area contributed by atoms with Crippen molar-refractivity contribution in [2.45, 2.75) is 39.7 Å². The molecule has 0 atom stereocenters. The summed E-state index contributed by atoms with van der Waals surface area (Å²) in [7, 11) is 3.03. The second-order valence-electron chi connectivity index (χ2n) is 14.2. The van der Waals surface area contributed by atoms with E-state index in [2.05, 4.69) is 5.10 Å². The van der Waals surface area contributed by atoms with Crippen molar-refractivity contribution in [1.82, 2.24) is 19.6 Å². The smallest absolute Gasteiger partial charge is 0.340 e. The van der Waals surface area contributed by atoms with E-state index in [-0.39, 0.29) is 28.7 Å². The summed E-state index contributed by atoms with van der Waals surface area (Å²) < 4.78 is 29.2. The average molecular weight is 736 g/mol. The first-order valence-electron chi connectivity index (χ1n) is 17.6. The monoisotopic (exact) mass is 735 g/mol. The number of rotatable bonds is 8. The van der Waals surface area contributed by atoms with E-state index in [4.69, 9.17) is 19.6 Å². The number of aryl methyl sites for hydroxylation is 1. The van der Waals surface area contributed by atoms with Gasteiger partial charge < -0.3 is 9.47 Å². The molecule has 0 bridgehead atoms. The number of carbonyl (C=O) groups excluding carboxylic acids is 2. The molecular formula is C44H38FN5O5. The second-order valence-corrected chi connectivity index (χ2v) is 14.2. The third-order valence-electron chi connectivity index (χ3n) is 9.45. The summed E-state index contributed by atoms with van der Waals surface area (Å²) in [5.74, 6) is -1.47. The van der Waals surface area contributed by atoms with E-state index in [9.17, 15) is 14.4 Å². The fourth-order valence-corrected chi connectivity index (χ4v) is 6.70. The first-order chi connectivity index (χ1) is 26.3. The summed E-state index contributed by atoms with van der Waals surface area (Å²) in [6, 6.07) is 31.3. The quantitative estimate of drug-likeness (QED) is 0.114. The maximum atomic E-state index is 15.7. The number of methoxy groups -OCH3 is 1. The van der Waals surface area contributed by atoms with Crippen molar-refractivity contribution in [3.8, 4) is 16.8 Å². The Hall–Kier alpha value is -6.75. The summed E-state index contributed by atoms with van der Waals surface area (Å²) in [4.78, 5) is 44.8. The van der Waals surface area contributed by atoms with E-state index in [1.54, 1.807) is 42.1 Å². The van der Waals surface area contributed by atoms with Gasteiger partial charge in [-0.15, -0.1) is 0 Å². The number of hydrogen-bond acceptors (Lipinski definition) is 8. The lowest BCUT2D eigenvalue weighted by molar-refractivity contribution is -0.142. The minimum absolute atomic E-state index is 0.119. The molecule has 0 unspecified atom stereocenters. The summed E-state index contributed by atoms with van der Waals surface area (Å²) in [6.07, 6.45) is 1.45. The minimum Gasteiger partial charge on any atom is -0.465 e. The highest BCUT2D eigenvalue weighted by Crippen LogP contribution is 2.37. The van der Waals surface area contributed by atoms with Crippen LogP contribution < -0.4 is 5.56 Å². The minimum atomic E-state index is -0.680. The maximum absolute atomic E-state index is 15.7. The van der Waals surface area contributed by atoms with Crippen molar-refractivity contribution < 1.29 is 23.5 Å². The van der Waals surface area contributed by atoms with Gasteiger partial charge in [-0.2, -0.15) is 14.9 Å². The number of nitrogens with zero attached hydrogens (tertiary/aromatic N) is 5. The lowest BCUT2D eigenvalue weighted by Crippen LogP contribution is -2.24. The number of hydrogen-bond donors (Lipinski definition) is 0. The molecule has 0 spiro atoms. The topological polar surface area (TPSA) is 118 Å². The molecule has 0 aliphatic rings. The third kappa shape index (κ3) is 7.04. The van der Waals surface area contributed by atoms with Crippen molar-refractivity contribution >= 4 is 45.1 Å². The zero-order valence-electron chi connectivity index (χ0n) is 31.3. The van der Waals surface area contributed by atoms with Gasteiger partial charge in [0.15, 0.2) is 5.82 Å². The number of aromatic nitrogens is 4. The number of carbonyl (C=O) groups is 2. The maximum Gasteiger partial charge on any atom is 0.340 e. The summed E-state index contributed by atoms with van der Waals surface area (Å²) >= 11 is 0. The number of esters is 2. The van der Waals surface area contributed by atoms with Crippen LogP contribution in [0.5, 0.6) is 0 Å². The van der Waals surface area contributed by atoms with Crippen LogP contribution in [0, 0.1) is 5.82 Å². The molecule has 5 aromatic carbocycles. The Balaban J connectivity index is 1.48. The van der Waals surface area contributed by atoms with E-state index >= 15 is 4.39 Å². The highest BCUT2D eigenvalue weighted by molar-refractivity contribution is 6.15. The molecule has 55 heavy (non-hydrogen) atoms. The Morgan fingerprint density at radius 2 is 1.56 bits per heavy atom. The fraction of sp³-hybridized carbons (Fsp3) is 0.182. The predicted octanol–water partition coefficient (Wildman–Crippen LogP) is 8.39. The third-order valence-corrected chi connectivity index (χ3v) is 9.45. The van der Waals surface area contributed by atoms with Crippen molar-refractivity contribution in [1.29, 1.82) is 0 Å². The van der Waals surface area contributed by atoms with Crippen LogP contribution in [0.4, 0.5) is 10.2 Å². The Morgan fingerprint density at radius 1 is 0.891 bits per heavy atom. The van der Waals surface area contributed by atoms with Gasteiger partial charge in [0, 0.05) is 41.4 Å². The molecule has 276 valence electrons. The first-order valence-corrected chi connectivity index (χ1v) is 17.6. The number of halogens is 1. The van der Waals surface area contributed by atoms with Crippen molar-refractivity contribution in [3.63, 3.8) is 0 Å². The highest BCUT2D eigenvalue weighted by atomic mass is 19.1. The lowest BCUT2D eigenvalue weighted by Gasteiger charge is -2.20. The molecule has 7 aromatic rings. The lowest BCUT2D eigenvalue weighted by atomic mass is 9.86. The van der Waals surface area contributed by atoms with Crippen LogP contribution in [-0.2, 0) is 33.3 Å². The Morgan fingerprint density at radius 3 is 2.18 bits per heavy atom. The molecule has 0 N–H and O–H groups in total. The van der Waals surface area contributed by atoms with Crippen LogP contribution in [0.25, 0.3) is 38.5 Å². The molecule has 0 saturated carbocycles. The van der Waals surface area contributed by atoms with Gasteiger partial charge in [-0.3, -0.25) is 14.3 Å². The van der Waals surface area contributed by atoms with Crippen molar-refractivity contribution in [3.05, 3.63) is 153 Å². The summed E-state index contributed by atoms with van der Waals surface area (Å²) in [6.45, 7) is 6.91. The van der Waals surface area contributed by atoms with E-state index < -0.39 is 23.3 Å². The SMILES string of the molecule is COC(=O)c1cc(-c2cccc(-n3ncc4cc(C(C)(C)C)cc(F)c4c3=O)c2COC(C)=O)cc2c(N=C(c3ccccc3)c3ccccc3)nn(C)c12. The van der Waals surface area contributed by atoms with E-state index in [1.165, 1.54) is 26.3 Å². The molecule has 0 fully saturated rings. The Bertz CT molecular complexity index is 2670. The van der Waals surface area contributed by atoms with Gasteiger partial charge in [0.25, 0.3) is 5.56 Å². The molecule has 0 amide bonds. The molecule has 11 heteroatoms. The Kier molecular flexibility index (Phi) is 9.71. The van der Waals surface area contributed by atoms with Crippen LogP contribution in [0.15, 0.2) is 119 Å². The van der Waals surface area contributed by atoms with Gasteiger partial charge in [0.05, 0.1) is 41.2 Å². The van der Waals surface area contributed by atoms with Gasteiger partial charge in [0.1, 0.15) is 12.4 Å². The molecule has 0 saturated heterocycles. The van der Waals surface area contributed by atoms with Crippen LogP contribution in [0.2, 0.25) is 0 Å². The van der Waals surface area contributed by atoms with Gasteiger partial charge >= 0.3 is 11.9 Å². The van der Waals surface area contributed by atoms with Gasteiger partial charge in [-0.1, -0.05) is 93.6 Å². The van der Waals surface area contributed by atoms with E-state index in [1.807, 2.05) is 87.5 Å². The summed E-state index contributed by atoms with van der Waals surface area (Å²) in [5.41, 5.74) is 4.52. The normalized spacial score (nSPS) is 11.5. The largest absolute Gasteiger partial charge is 0.465 e. The van der Waals surface area contributed by atoms with Crippen LogP contribution in [-0.4, -0.2) is 44.3 Å². The fourth-order valence-electron chi connectivity index (χ4n) is 6.70. The molecular weight excluding hydrogens is 698 g/mol. The first kappa shape index (κ1) is 36.6. The zero-order valence-corrected chi connectivity index (χ0v) is 31.3. The van der Waals surface area contributed by atoms with Crippen LogP contribution >= 0.6 is 0 Å². The van der Waals surface area contributed by atoms with Crippen LogP contribution in [0.1, 0.15) is 60.3 Å². The molecule has 2 heterocycles. The molecule has 2 aromatic heterocycles. The van der Waals surface area contributed by atoms with Crippen molar-refractivity contribution in [2.24, 2.45) is 12.0 Å². The highest BCUT2D eigenvalue weighted by Gasteiger charge is 2.24. The van der Waals surface area contributed by atoms with E-state index in [0.717, 1.165) is 21.4 Å². The standard InChI is InChI=1S/C44H38FN5O5/c1-26(51)55-25-35-32(18-13-19-37(35)50-42(52)38-30(24-46-50)20-31(23-36(38)45)44(2,3)4)29-21-33-40(34(22-29)43(53)54-6)49(5)48-41(33)47-39(27-14-9-7-10-15-27)28-16-11-8-12-17-28/h7-24H,25H2,1-6H3. The summed E-state index contributed by atoms with van der Waals surface area (Å²) in [5, 5.41) is 10.0. The molecule has 7 rings (SSSR count). The van der Waals surface area contributed by atoms with Crippen molar-refractivity contribution in [2.75, 3.05) is 7.11 Å². The second kappa shape index (κ2) is 14.6. The molecule has 10 nitrogen and oxygen atoms in total. The van der Waals surface area contributed by atoms with Gasteiger partial charge in [-0.25, -0.2) is 14.2 Å². The zero-order chi connectivity index (χ0) is 39.0. The number of ether oxygens (including phenoxy) is 2. The molecule has 0 aliphatic carbocycles. The molecule has 0 aliphatic heterocycles. The number of fused-ring (bicyclic) bond motifs is 2. The Labute approximate surface area is 316 Å². The van der Waals surface area contributed by atoms with Gasteiger partial charge in [-0.05, 0) is 52.4 Å². The number of aliphatic imine (C=N–C) groups is 1. The van der Waals surface area contributed by atoms with Gasteiger partial charge in [0.2, 0.25) is 0 Å². The molecule has 0 radical (unpaired) electrons. The van der Waals surface area contributed by atoms with Crippen LogP contribution in [0.3, 0.4) is 0 Å². The van der Waals surface area contributed by atoms with E-state index in [0.29, 0.717) is 44.5 Å².